The molecule has 0 aliphatic carbocycles. The van der Waals surface area contributed by atoms with Gasteiger partial charge < -0.3 is 15.1 Å². The van der Waals surface area contributed by atoms with E-state index in [0.717, 1.165) is 24.6 Å². The fourth-order valence-corrected chi connectivity index (χ4v) is 2.28. The van der Waals surface area contributed by atoms with Crippen molar-refractivity contribution in [2.24, 2.45) is 5.73 Å². The summed E-state index contributed by atoms with van der Waals surface area (Å²) in [5.41, 5.74) is 6.34. The Balaban J connectivity index is 1.95. The Labute approximate surface area is 90.5 Å². The smallest absolute Gasteiger partial charge is 0.195 e. The third-order valence-corrected chi connectivity index (χ3v) is 3.12. The molecule has 1 atom stereocenters. The molecule has 1 aliphatic heterocycles. The first kappa shape index (κ1) is 10.6. The molecule has 4 heteroatoms. The van der Waals surface area contributed by atoms with Gasteiger partial charge in [0.15, 0.2) is 5.89 Å². The molecule has 1 unspecified atom stereocenters. The molecule has 2 N–H and O–H groups in total. The molecule has 1 aromatic heterocycles. The van der Waals surface area contributed by atoms with Gasteiger partial charge in [0, 0.05) is 19.0 Å². The maximum atomic E-state index is 5.49. The first-order valence-electron chi connectivity index (χ1n) is 5.71. The molecule has 1 fully saturated rings. The first-order chi connectivity index (χ1) is 7.33. The van der Waals surface area contributed by atoms with Crippen LogP contribution in [0.3, 0.4) is 0 Å². The lowest BCUT2D eigenvalue weighted by molar-refractivity contribution is 0.254. The zero-order chi connectivity index (χ0) is 10.7. The molecule has 1 aromatic rings. The van der Waals surface area contributed by atoms with Gasteiger partial charge in [-0.05, 0) is 25.9 Å². The van der Waals surface area contributed by atoms with Crippen LogP contribution in [0.25, 0.3) is 0 Å². The van der Waals surface area contributed by atoms with Gasteiger partial charge in [-0.15, -0.1) is 0 Å². The van der Waals surface area contributed by atoms with Crippen molar-refractivity contribution < 1.29 is 4.42 Å². The Morgan fingerprint density at radius 2 is 2.53 bits per heavy atom. The molecule has 2 heterocycles. The summed E-state index contributed by atoms with van der Waals surface area (Å²) in [6.07, 6.45) is 5.14. The van der Waals surface area contributed by atoms with Crippen molar-refractivity contribution in [3.8, 4) is 0 Å². The maximum Gasteiger partial charge on any atom is 0.195 e. The molecule has 4 nitrogen and oxygen atoms in total. The van der Waals surface area contributed by atoms with Gasteiger partial charge in [0.05, 0.1) is 5.69 Å². The summed E-state index contributed by atoms with van der Waals surface area (Å²) >= 11 is 0. The van der Waals surface area contributed by atoms with Crippen LogP contribution in [0, 0.1) is 0 Å². The van der Waals surface area contributed by atoms with Gasteiger partial charge in [0.2, 0.25) is 0 Å². The summed E-state index contributed by atoms with van der Waals surface area (Å²) in [7, 11) is 0. The summed E-state index contributed by atoms with van der Waals surface area (Å²) in [5.74, 6) is 0.834. The number of likely N-dealkylation sites (tertiary alicyclic amines) is 1. The number of hydrogen-bond donors (Lipinski definition) is 1. The van der Waals surface area contributed by atoms with E-state index in [1.807, 2.05) is 0 Å². The van der Waals surface area contributed by atoms with Crippen LogP contribution in [0.5, 0.6) is 0 Å². The standard InChI is InChI=1S/C11H19N3O/c1-2-14-5-3-4-10(14)6-11-13-9(7-12)8-15-11/h8,10H,2-7,12H2,1H3. The van der Waals surface area contributed by atoms with Gasteiger partial charge in [0.25, 0.3) is 0 Å². The Morgan fingerprint density at radius 1 is 1.67 bits per heavy atom. The Hall–Kier alpha value is -0.870. The molecule has 0 aromatic carbocycles. The second-order valence-corrected chi connectivity index (χ2v) is 4.07. The van der Waals surface area contributed by atoms with Crippen molar-refractivity contribution in [1.29, 1.82) is 0 Å². The van der Waals surface area contributed by atoms with Crippen molar-refractivity contribution in [1.82, 2.24) is 9.88 Å². The van der Waals surface area contributed by atoms with Crippen LogP contribution in [0.15, 0.2) is 10.7 Å². The van der Waals surface area contributed by atoms with E-state index in [4.69, 9.17) is 10.2 Å². The van der Waals surface area contributed by atoms with E-state index >= 15 is 0 Å². The normalized spacial score (nSPS) is 22.4. The molecule has 0 saturated carbocycles. The van der Waals surface area contributed by atoms with Crippen LogP contribution in [0.2, 0.25) is 0 Å². The van der Waals surface area contributed by atoms with Crippen LogP contribution in [0.1, 0.15) is 31.4 Å². The minimum absolute atomic E-state index is 0.464. The number of aromatic nitrogens is 1. The largest absolute Gasteiger partial charge is 0.449 e. The molecule has 0 radical (unpaired) electrons. The van der Waals surface area contributed by atoms with E-state index < -0.39 is 0 Å². The van der Waals surface area contributed by atoms with Crippen LogP contribution in [-0.2, 0) is 13.0 Å². The fourth-order valence-electron chi connectivity index (χ4n) is 2.28. The molecule has 0 amide bonds. The average molecular weight is 209 g/mol. The lowest BCUT2D eigenvalue weighted by Crippen LogP contribution is -2.30. The van der Waals surface area contributed by atoms with Crippen LogP contribution in [0.4, 0.5) is 0 Å². The molecule has 84 valence electrons. The Bertz CT molecular complexity index is 311. The monoisotopic (exact) mass is 209 g/mol. The average Bonchev–Trinajstić information content (AvgIpc) is 2.87. The van der Waals surface area contributed by atoms with Crippen molar-refractivity contribution in [2.45, 2.75) is 38.8 Å². The molecule has 0 bridgehead atoms. The summed E-state index contributed by atoms with van der Waals surface area (Å²) in [4.78, 5) is 6.84. The van der Waals surface area contributed by atoms with Crippen molar-refractivity contribution in [2.75, 3.05) is 13.1 Å². The predicted octanol–water partition coefficient (Wildman–Crippen LogP) is 1.16. The van der Waals surface area contributed by atoms with Gasteiger partial charge >= 0.3 is 0 Å². The van der Waals surface area contributed by atoms with Crippen LogP contribution in [-0.4, -0.2) is 29.0 Å². The van der Waals surface area contributed by atoms with E-state index in [1.54, 1.807) is 6.26 Å². The zero-order valence-electron chi connectivity index (χ0n) is 9.28. The number of hydrogen-bond acceptors (Lipinski definition) is 4. The Morgan fingerprint density at radius 3 is 3.20 bits per heavy atom. The minimum Gasteiger partial charge on any atom is -0.449 e. The number of nitrogens with zero attached hydrogens (tertiary/aromatic N) is 2. The first-order valence-corrected chi connectivity index (χ1v) is 5.71. The highest BCUT2D eigenvalue weighted by Crippen LogP contribution is 2.20. The van der Waals surface area contributed by atoms with Crippen molar-refractivity contribution in [3.63, 3.8) is 0 Å². The lowest BCUT2D eigenvalue weighted by atomic mass is 10.1. The maximum absolute atomic E-state index is 5.49. The van der Waals surface area contributed by atoms with E-state index in [1.165, 1.54) is 19.4 Å². The van der Waals surface area contributed by atoms with Crippen molar-refractivity contribution in [3.05, 3.63) is 17.8 Å². The lowest BCUT2D eigenvalue weighted by Gasteiger charge is -2.20. The Kier molecular flexibility index (Phi) is 3.38. The molecule has 2 rings (SSSR count). The molecule has 1 saturated heterocycles. The fraction of sp³-hybridized carbons (Fsp3) is 0.727. The summed E-state index contributed by atoms with van der Waals surface area (Å²) in [6, 6.07) is 0.610. The zero-order valence-corrected chi connectivity index (χ0v) is 9.28. The number of nitrogens with two attached hydrogens (primary N) is 1. The van der Waals surface area contributed by atoms with E-state index in [-0.39, 0.29) is 0 Å². The third kappa shape index (κ3) is 2.38. The molecule has 0 spiro atoms. The van der Waals surface area contributed by atoms with Gasteiger partial charge in [-0.3, -0.25) is 0 Å². The SMILES string of the molecule is CCN1CCCC1Cc1nc(CN)co1. The molecular formula is C11H19N3O. The second-order valence-electron chi connectivity index (χ2n) is 4.07. The predicted molar refractivity (Wildman–Crippen MR) is 58.4 cm³/mol. The number of oxazole rings is 1. The molecule has 1 aliphatic rings. The van der Waals surface area contributed by atoms with Crippen LogP contribution < -0.4 is 5.73 Å². The van der Waals surface area contributed by atoms with Gasteiger partial charge in [-0.25, -0.2) is 4.98 Å². The number of rotatable bonds is 4. The molecular weight excluding hydrogens is 190 g/mol. The highest BCUT2D eigenvalue weighted by molar-refractivity contribution is 4.98. The third-order valence-electron chi connectivity index (χ3n) is 3.12. The van der Waals surface area contributed by atoms with Gasteiger partial charge in [-0.1, -0.05) is 6.92 Å². The molecule has 15 heavy (non-hydrogen) atoms. The number of likely N-dealkylation sites (N-methyl/N-ethyl adjacent to an activating group) is 1. The summed E-state index contributed by atoms with van der Waals surface area (Å²) in [6.45, 7) is 5.01. The van der Waals surface area contributed by atoms with Crippen LogP contribution >= 0.6 is 0 Å². The van der Waals surface area contributed by atoms with E-state index in [9.17, 15) is 0 Å². The van der Waals surface area contributed by atoms with Crippen molar-refractivity contribution >= 4 is 0 Å². The quantitative estimate of drug-likeness (QED) is 0.808. The summed E-state index contributed by atoms with van der Waals surface area (Å²) in [5, 5.41) is 0. The highest BCUT2D eigenvalue weighted by atomic mass is 16.3. The van der Waals surface area contributed by atoms with Gasteiger partial charge in [-0.2, -0.15) is 0 Å². The topological polar surface area (TPSA) is 55.3 Å². The van der Waals surface area contributed by atoms with Gasteiger partial charge in [0.1, 0.15) is 6.26 Å². The second kappa shape index (κ2) is 4.77. The summed E-state index contributed by atoms with van der Waals surface area (Å²) < 4.78 is 5.39. The van der Waals surface area contributed by atoms with E-state index in [2.05, 4.69) is 16.8 Å². The minimum atomic E-state index is 0.464. The van der Waals surface area contributed by atoms with E-state index in [0.29, 0.717) is 12.6 Å². The highest BCUT2D eigenvalue weighted by Gasteiger charge is 2.24.